The highest BCUT2D eigenvalue weighted by molar-refractivity contribution is 5.61. The van der Waals surface area contributed by atoms with E-state index in [1.807, 2.05) is 32.9 Å². The number of hydrogen-bond acceptors (Lipinski definition) is 2. The maximum atomic E-state index is 4.37. The summed E-state index contributed by atoms with van der Waals surface area (Å²) < 4.78 is 0. The standard InChI is InChI=1S/C10H10N2.C2H6/c1-8-7-11-9-5-3-2-4-6-10(9)12-8;1-2/h3-7H,2H2,1H3;1-2H3. The van der Waals surface area contributed by atoms with Crippen LogP contribution in [-0.2, 0) is 0 Å². The summed E-state index contributed by atoms with van der Waals surface area (Å²) in [5.41, 5.74) is 2.91. The molecule has 2 nitrogen and oxygen atoms in total. The van der Waals surface area contributed by atoms with Crippen molar-refractivity contribution in [3.63, 3.8) is 0 Å². The summed E-state index contributed by atoms with van der Waals surface area (Å²) in [6.07, 6.45) is 11.0. The van der Waals surface area contributed by atoms with Crippen LogP contribution in [0.15, 0.2) is 18.3 Å². The van der Waals surface area contributed by atoms with Crippen molar-refractivity contribution in [1.29, 1.82) is 0 Å². The average molecular weight is 188 g/mol. The molecule has 74 valence electrons. The van der Waals surface area contributed by atoms with Crippen molar-refractivity contribution >= 4 is 12.2 Å². The first-order valence-corrected chi connectivity index (χ1v) is 5.03. The van der Waals surface area contributed by atoms with E-state index in [0.717, 1.165) is 23.5 Å². The Morgan fingerprint density at radius 3 is 2.43 bits per heavy atom. The van der Waals surface area contributed by atoms with Crippen LogP contribution in [0.1, 0.15) is 37.4 Å². The molecule has 1 heterocycles. The quantitative estimate of drug-likeness (QED) is 0.624. The van der Waals surface area contributed by atoms with Gasteiger partial charge in [-0.15, -0.1) is 0 Å². The van der Waals surface area contributed by atoms with Crippen molar-refractivity contribution in [3.05, 3.63) is 35.4 Å². The van der Waals surface area contributed by atoms with Gasteiger partial charge in [0, 0.05) is 6.20 Å². The highest BCUT2D eigenvalue weighted by atomic mass is 14.8. The smallest absolute Gasteiger partial charge is 0.0886 e. The van der Waals surface area contributed by atoms with E-state index >= 15 is 0 Å². The third-order valence-electron chi connectivity index (χ3n) is 1.77. The highest BCUT2D eigenvalue weighted by Gasteiger charge is 2.00. The molecule has 14 heavy (non-hydrogen) atoms. The molecule has 0 atom stereocenters. The van der Waals surface area contributed by atoms with E-state index in [4.69, 9.17) is 0 Å². The Kier molecular flexibility index (Phi) is 4.05. The first kappa shape index (κ1) is 10.6. The lowest BCUT2D eigenvalue weighted by Crippen LogP contribution is -1.92. The summed E-state index contributed by atoms with van der Waals surface area (Å²) in [6.45, 7) is 5.95. The molecule has 0 aliphatic heterocycles. The number of allylic oxidation sites excluding steroid dienone is 2. The van der Waals surface area contributed by atoms with E-state index in [9.17, 15) is 0 Å². The van der Waals surface area contributed by atoms with Crippen LogP contribution in [0, 0.1) is 6.92 Å². The van der Waals surface area contributed by atoms with Crippen LogP contribution in [0.2, 0.25) is 0 Å². The summed E-state index contributed by atoms with van der Waals surface area (Å²) in [5.74, 6) is 0. The Labute approximate surface area is 85.4 Å². The van der Waals surface area contributed by atoms with Gasteiger partial charge >= 0.3 is 0 Å². The first-order chi connectivity index (χ1) is 6.86. The molecule has 0 N–H and O–H groups in total. The van der Waals surface area contributed by atoms with Crippen molar-refractivity contribution < 1.29 is 0 Å². The second-order valence-corrected chi connectivity index (χ2v) is 2.82. The summed E-state index contributed by atoms with van der Waals surface area (Å²) in [5, 5.41) is 0. The lowest BCUT2D eigenvalue weighted by molar-refractivity contribution is 1.09. The third-order valence-corrected chi connectivity index (χ3v) is 1.77. The van der Waals surface area contributed by atoms with Crippen LogP contribution in [-0.4, -0.2) is 9.97 Å². The molecule has 0 amide bonds. The first-order valence-electron chi connectivity index (χ1n) is 5.03. The number of aromatic nitrogens is 2. The Hall–Kier alpha value is -1.44. The fourth-order valence-corrected chi connectivity index (χ4v) is 1.19. The fraction of sp³-hybridized carbons (Fsp3) is 0.333. The van der Waals surface area contributed by atoms with Gasteiger partial charge in [0.25, 0.3) is 0 Å². The van der Waals surface area contributed by atoms with Gasteiger partial charge in [-0.25, -0.2) is 4.98 Å². The maximum absolute atomic E-state index is 4.37. The van der Waals surface area contributed by atoms with Gasteiger partial charge in [-0.3, -0.25) is 4.98 Å². The summed E-state index contributed by atoms with van der Waals surface area (Å²) in [4.78, 5) is 8.65. The topological polar surface area (TPSA) is 25.8 Å². The number of hydrogen-bond donors (Lipinski definition) is 0. The number of fused-ring (bicyclic) bond motifs is 1. The Bertz CT molecular complexity index is 351. The second kappa shape index (κ2) is 5.32. The summed E-state index contributed by atoms with van der Waals surface area (Å²) in [7, 11) is 0. The predicted molar refractivity (Wildman–Crippen MR) is 60.8 cm³/mol. The molecule has 2 rings (SSSR count). The van der Waals surface area contributed by atoms with E-state index in [1.165, 1.54) is 0 Å². The van der Waals surface area contributed by atoms with Crippen LogP contribution in [0.3, 0.4) is 0 Å². The molecule has 2 heteroatoms. The van der Waals surface area contributed by atoms with E-state index < -0.39 is 0 Å². The molecule has 0 saturated carbocycles. The van der Waals surface area contributed by atoms with E-state index in [0.29, 0.717) is 0 Å². The van der Waals surface area contributed by atoms with Crippen LogP contribution in [0.25, 0.3) is 12.2 Å². The predicted octanol–water partition coefficient (Wildman–Crippen LogP) is 3.24. The maximum Gasteiger partial charge on any atom is 0.0886 e. The molecule has 0 bridgehead atoms. The van der Waals surface area contributed by atoms with Gasteiger partial charge in [0.15, 0.2) is 0 Å². The van der Waals surface area contributed by atoms with Crippen LogP contribution >= 0.6 is 0 Å². The molecule has 1 aliphatic carbocycles. The monoisotopic (exact) mass is 188 g/mol. The highest BCUT2D eigenvalue weighted by Crippen LogP contribution is 2.12. The van der Waals surface area contributed by atoms with Gasteiger partial charge in [-0.1, -0.05) is 26.0 Å². The van der Waals surface area contributed by atoms with E-state index in [-0.39, 0.29) is 0 Å². The van der Waals surface area contributed by atoms with E-state index in [1.54, 1.807) is 6.20 Å². The van der Waals surface area contributed by atoms with Gasteiger partial charge in [0.1, 0.15) is 0 Å². The molecular formula is C12H16N2. The van der Waals surface area contributed by atoms with Crippen molar-refractivity contribution in [2.75, 3.05) is 0 Å². The summed E-state index contributed by atoms with van der Waals surface area (Å²) in [6, 6.07) is 0. The zero-order valence-corrected chi connectivity index (χ0v) is 8.99. The SMILES string of the molecule is CC.Cc1cnc2c(n1)C=CCC=C2. The van der Waals surface area contributed by atoms with Crippen LogP contribution < -0.4 is 0 Å². The normalized spacial score (nSPS) is 12.5. The zero-order valence-electron chi connectivity index (χ0n) is 8.99. The molecule has 0 aromatic carbocycles. The van der Waals surface area contributed by atoms with Crippen molar-refractivity contribution in [1.82, 2.24) is 9.97 Å². The molecule has 1 aromatic heterocycles. The molecule has 1 aromatic rings. The van der Waals surface area contributed by atoms with Crippen molar-refractivity contribution in [3.8, 4) is 0 Å². The van der Waals surface area contributed by atoms with Gasteiger partial charge in [-0.2, -0.15) is 0 Å². The molecule has 0 spiro atoms. The zero-order chi connectivity index (χ0) is 10.4. The Morgan fingerprint density at radius 2 is 1.71 bits per heavy atom. The number of rotatable bonds is 0. The average Bonchev–Trinajstić information content (AvgIpc) is 2.45. The molecule has 0 unspecified atom stereocenters. The minimum atomic E-state index is 0.966. The molecule has 0 radical (unpaired) electrons. The number of aryl methyl sites for hydroxylation is 1. The third kappa shape index (κ3) is 2.52. The largest absolute Gasteiger partial charge is 0.253 e. The van der Waals surface area contributed by atoms with Gasteiger partial charge in [0.05, 0.1) is 17.1 Å². The lowest BCUT2D eigenvalue weighted by Gasteiger charge is -1.98. The van der Waals surface area contributed by atoms with Crippen LogP contribution in [0.5, 0.6) is 0 Å². The molecule has 0 saturated heterocycles. The van der Waals surface area contributed by atoms with Gasteiger partial charge in [0.2, 0.25) is 0 Å². The van der Waals surface area contributed by atoms with Crippen molar-refractivity contribution in [2.45, 2.75) is 27.2 Å². The number of nitrogens with zero attached hydrogens (tertiary/aromatic N) is 2. The second-order valence-electron chi connectivity index (χ2n) is 2.82. The molecule has 0 fully saturated rings. The van der Waals surface area contributed by atoms with Crippen molar-refractivity contribution in [2.24, 2.45) is 0 Å². The Morgan fingerprint density at radius 1 is 1.07 bits per heavy atom. The van der Waals surface area contributed by atoms with Gasteiger partial charge < -0.3 is 0 Å². The van der Waals surface area contributed by atoms with Crippen LogP contribution in [0.4, 0.5) is 0 Å². The minimum Gasteiger partial charge on any atom is -0.253 e. The van der Waals surface area contributed by atoms with E-state index in [2.05, 4.69) is 22.1 Å². The molecular weight excluding hydrogens is 172 g/mol. The minimum absolute atomic E-state index is 0.966. The summed E-state index contributed by atoms with van der Waals surface area (Å²) >= 11 is 0. The van der Waals surface area contributed by atoms with Gasteiger partial charge in [-0.05, 0) is 25.5 Å². The lowest BCUT2D eigenvalue weighted by atomic mass is 10.3. The Balaban J connectivity index is 0.000000461. The fourth-order valence-electron chi connectivity index (χ4n) is 1.19. The molecule has 1 aliphatic rings.